The van der Waals surface area contributed by atoms with Crippen LogP contribution in [0, 0.1) is 0 Å². The highest BCUT2D eigenvalue weighted by Crippen LogP contribution is 2.22. The molecule has 0 saturated heterocycles. The SMILES string of the molecule is CCc1nc2c(Cl)ncnc2n1Cc1ccc(OC)cc1. The quantitative estimate of drug-likeness (QED) is 0.695. The highest BCUT2D eigenvalue weighted by molar-refractivity contribution is 6.33. The molecule has 6 heteroatoms. The summed E-state index contributed by atoms with van der Waals surface area (Å²) in [5.74, 6) is 1.79. The first kappa shape index (κ1) is 13.8. The van der Waals surface area contributed by atoms with Gasteiger partial charge >= 0.3 is 0 Å². The van der Waals surface area contributed by atoms with Crippen LogP contribution in [0.2, 0.25) is 5.15 Å². The van der Waals surface area contributed by atoms with E-state index in [0.29, 0.717) is 17.2 Å². The van der Waals surface area contributed by atoms with E-state index in [1.807, 2.05) is 24.3 Å². The van der Waals surface area contributed by atoms with Crippen molar-refractivity contribution in [3.8, 4) is 5.75 Å². The smallest absolute Gasteiger partial charge is 0.165 e. The standard InChI is InChI=1S/C15H15ClN4O/c1-3-12-19-13-14(16)17-9-18-15(13)20(12)8-10-4-6-11(21-2)7-5-10/h4-7,9H,3,8H2,1-2H3. The summed E-state index contributed by atoms with van der Waals surface area (Å²) in [7, 11) is 1.66. The lowest BCUT2D eigenvalue weighted by molar-refractivity contribution is 0.414. The van der Waals surface area contributed by atoms with Gasteiger partial charge in [0.1, 0.15) is 23.4 Å². The minimum absolute atomic E-state index is 0.392. The summed E-state index contributed by atoms with van der Waals surface area (Å²) in [6.07, 6.45) is 2.28. The molecule has 0 amide bonds. The lowest BCUT2D eigenvalue weighted by atomic mass is 10.2. The van der Waals surface area contributed by atoms with Gasteiger partial charge in [-0.15, -0.1) is 0 Å². The van der Waals surface area contributed by atoms with E-state index < -0.39 is 0 Å². The Hall–Kier alpha value is -2.14. The average molecular weight is 303 g/mol. The molecule has 0 fully saturated rings. The first-order valence-electron chi connectivity index (χ1n) is 6.71. The van der Waals surface area contributed by atoms with Crippen LogP contribution in [0.1, 0.15) is 18.3 Å². The Morgan fingerprint density at radius 1 is 1.19 bits per heavy atom. The van der Waals surface area contributed by atoms with E-state index in [0.717, 1.165) is 29.2 Å². The van der Waals surface area contributed by atoms with Gasteiger partial charge in [0.05, 0.1) is 13.7 Å². The van der Waals surface area contributed by atoms with E-state index in [9.17, 15) is 0 Å². The number of benzene rings is 1. The van der Waals surface area contributed by atoms with Gasteiger partial charge < -0.3 is 9.30 Å². The number of aromatic nitrogens is 4. The molecule has 0 atom stereocenters. The fourth-order valence-corrected chi connectivity index (χ4v) is 2.47. The largest absolute Gasteiger partial charge is 0.497 e. The molecule has 0 unspecified atom stereocenters. The zero-order valence-corrected chi connectivity index (χ0v) is 12.6. The number of hydrogen-bond acceptors (Lipinski definition) is 4. The molecule has 0 aliphatic heterocycles. The summed E-state index contributed by atoms with van der Waals surface area (Å²) in [5, 5.41) is 0.392. The third-order valence-corrected chi connectivity index (χ3v) is 3.66. The first-order valence-corrected chi connectivity index (χ1v) is 7.09. The number of aryl methyl sites for hydroxylation is 1. The Labute approximate surface area is 127 Å². The predicted octanol–water partition coefficient (Wildman–Crippen LogP) is 3.10. The number of hydrogen-bond donors (Lipinski definition) is 0. The second kappa shape index (κ2) is 5.69. The van der Waals surface area contributed by atoms with Crippen LogP contribution < -0.4 is 4.74 Å². The molecule has 5 nitrogen and oxygen atoms in total. The van der Waals surface area contributed by atoms with E-state index >= 15 is 0 Å². The lowest BCUT2D eigenvalue weighted by Gasteiger charge is -2.08. The van der Waals surface area contributed by atoms with Crippen LogP contribution in [0.3, 0.4) is 0 Å². The van der Waals surface area contributed by atoms with Crippen LogP contribution in [0.25, 0.3) is 11.2 Å². The summed E-state index contributed by atoms with van der Waals surface area (Å²) in [6.45, 7) is 2.75. The van der Waals surface area contributed by atoms with Gasteiger partial charge in [-0.1, -0.05) is 30.7 Å². The molecule has 3 aromatic rings. The second-order valence-corrected chi connectivity index (χ2v) is 5.01. The molecule has 3 rings (SSSR count). The van der Waals surface area contributed by atoms with Crippen LogP contribution in [0.5, 0.6) is 5.75 Å². The van der Waals surface area contributed by atoms with Gasteiger partial charge in [0.15, 0.2) is 10.8 Å². The Balaban J connectivity index is 2.04. The van der Waals surface area contributed by atoms with Crippen LogP contribution in [0.4, 0.5) is 0 Å². The second-order valence-electron chi connectivity index (χ2n) is 4.65. The number of nitrogens with zero attached hydrogens (tertiary/aromatic N) is 4. The van der Waals surface area contributed by atoms with Gasteiger partial charge in [0, 0.05) is 6.42 Å². The first-order chi connectivity index (χ1) is 10.2. The molecule has 0 radical (unpaired) electrons. The molecule has 2 heterocycles. The molecular formula is C15H15ClN4O. The van der Waals surface area contributed by atoms with Gasteiger partial charge in [0.25, 0.3) is 0 Å². The van der Waals surface area contributed by atoms with E-state index in [1.165, 1.54) is 6.33 Å². The van der Waals surface area contributed by atoms with Gasteiger partial charge in [-0.05, 0) is 17.7 Å². The van der Waals surface area contributed by atoms with Crippen LogP contribution >= 0.6 is 11.6 Å². The van der Waals surface area contributed by atoms with Crippen molar-refractivity contribution in [1.29, 1.82) is 0 Å². The summed E-state index contributed by atoms with van der Waals surface area (Å²) in [4.78, 5) is 12.9. The van der Waals surface area contributed by atoms with Crippen LogP contribution in [0.15, 0.2) is 30.6 Å². The maximum absolute atomic E-state index is 6.10. The minimum atomic E-state index is 0.392. The summed E-state index contributed by atoms with van der Waals surface area (Å²) in [5.41, 5.74) is 2.58. The third kappa shape index (κ3) is 2.56. The number of ether oxygens (including phenoxy) is 1. The number of halogens is 1. The Bertz CT molecular complexity index is 767. The molecule has 0 N–H and O–H groups in total. The molecule has 0 saturated carbocycles. The van der Waals surface area contributed by atoms with Crippen LogP contribution in [-0.4, -0.2) is 26.6 Å². The number of fused-ring (bicyclic) bond motifs is 1. The molecule has 108 valence electrons. The summed E-state index contributed by atoms with van der Waals surface area (Å²) in [6, 6.07) is 7.96. The van der Waals surface area contributed by atoms with Gasteiger partial charge in [-0.2, -0.15) is 0 Å². The molecular weight excluding hydrogens is 288 g/mol. The Kier molecular flexibility index (Phi) is 3.75. The topological polar surface area (TPSA) is 52.8 Å². The molecule has 21 heavy (non-hydrogen) atoms. The van der Waals surface area contributed by atoms with Crippen molar-refractivity contribution in [2.45, 2.75) is 19.9 Å². The Morgan fingerprint density at radius 2 is 1.95 bits per heavy atom. The highest BCUT2D eigenvalue weighted by atomic mass is 35.5. The van der Waals surface area contributed by atoms with Crippen molar-refractivity contribution in [2.24, 2.45) is 0 Å². The number of imidazole rings is 1. The van der Waals surface area contributed by atoms with Gasteiger partial charge in [0.2, 0.25) is 0 Å². The molecule has 2 aromatic heterocycles. The van der Waals surface area contributed by atoms with Crippen molar-refractivity contribution in [2.75, 3.05) is 7.11 Å². The molecule has 1 aromatic carbocycles. The van der Waals surface area contributed by atoms with Crippen molar-refractivity contribution in [3.63, 3.8) is 0 Å². The Morgan fingerprint density at radius 3 is 2.62 bits per heavy atom. The van der Waals surface area contributed by atoms with Crippen molar-refractivity contribution >= 4 is 22.8 Å². The maximum atomic E-state index is 6.10. The zero-order valence-electron chi connectivity index (χ0n) is 11.9. The maximum Gasteiger partial charge on any atom is 0.165 e. The fourth-order valence-electron chi connectivity index (χ4n) is 2.30. The summed E-state index contributed by atoms with van der Waals surface area (Å²) < 4.78 is 7.25. The van der Waals surface area contributed by atoms with Gasteiger partial charge in [-0.3, -0.25) is 0 Å². The fraction of sp³-hybridized carbons (Fsp3) is 0.267. The minimum Gasteiger partial charge on any atom is -0.497 e. The van der Waals surface area contributed by atoms with Gasteiger partial charge in [-0.25, -0.2) is 15.0 Å². The average Bonchev–Trinajstić information content (AvgIpc) is 2.87. The number of methoxy groups -OCH3 is 1. The molecule has 0 aliphatic rings. The summed E-state index contributed by atoms with van der Waals surface area (Å²) >= 11 is 6.10. The molecule has 0 aliphatic carbocycles. The highest BCUT2D eigenvalue weighted by Gasteiger charge is 2.14. The van der Waals surface area contributed by atoms with Crippen molar-refractivity contribution in [1.82, 2.24) is 19.5 Å². The third-order valence-electron chi connectivity index (χ3n) is 3.38. The van der Waals surface area contributed by atoms with Crippen molar-refractivity contribution < 1.29 is 4.74 Å². The number of rotatable bonds is 4. The van der Waals surface area contributed by atoms with E-state index in [-0.39, 0.29) is 0 Å². The zero-order chi connectivity index (χ0) is 14.8. The van der Waals surface area contributed by atoms with E-state index in [4.69, 9.17) is 16.3 Å². The van der Waals surface area contributed by atoms with E-state index in [1.54, 1.807) is 7.11 Å². The van der Waals surface area contributed by atoms with Crippen LogP contribution in [-0.2, 0) is 13.0 Å². The van der Waals surface area contributed by atoms with Crippen molar-refractivity contribution in [3.05, 3.63) is 47.1 Å². The lowest BCUT2D eigenvalue weighted by Crippen LogP contribution is -2.05. The predicted molar refractivity (Wildman–Crippen MR) is 81.8 cm³/mol. The molecule has 0 spiro atoms. The van der Waals surface area contributed by atoms with E-state index in [2.05, 4.69) is 26.4 Å². The monoisotopic (exact) mass is 302 g/mol. The normalized spacial score (nSPS) is 11.0. The molecule has 0 bridgehead atoms.